The molecule has 1 aliphatic heterocycles. The molecule has 0 bridgehead atoms. The smallest absolute Gasteiger partial charge is 0.175 e. The molecule has 1 saturated heterocycles. The highest BCUT2D eigenvalue weighted by atomic mass is 16.5. The Kier molecular flexibility index (Phi) is 3.39. The summed E-state index contributed by atoms with van der Waals surface area (Å²) in [5.41, 5.74) is 7.00. The van der Waals surface area contributed by atoms with Crippen LogP contribution in [0.3, 0.4) is 0 Å². The summed E-state index contributed by atoms with van der Waals surface area (Å²) in [7, 11) is 0. The maximum Gasteiger partial charge on any atom is 0.175 e. The molecule has 2 heterocycles. The molecule has 2 aromatic rings. The van der Waals surface area contributed by atoms with Crippen molar-refractivity contribution >= 4 is 16.7 Å². The number of nitrogens with two attached hydrogens (primary N) is 1. The molecular weight excluding hydrogens is 258 g/mol. The van der Waals surface area contributed by atoms with Crippen molar-refractivity contribution in [3.63, 3.8) is 0 Å². The molecule has 0 spiro atoms. The summed E-state index contributed by atoms with van der Waals surface area (Å²) in [6.45, 7) is 1.23. The fraction of sp³-hybridized carbons (Fsp3) is 0.286. The molecule has 6 nitrogen and oxygen atoms in total. The van der Waals surface area contributed by atoms with Gasteiger partial charge in [-0.25, -0.2) is 0 Å². The largest absolute Gasteiger partial charge is 0.486 e. The lowest BCUT2D eigenvalue weighted by Gasteiger charge is -2.16. The highest BCUT2D eigenvalue weighted by Crippen LogP contribution is 2.30. The second-order valence-electron chi connectivity index (χ2n) is 4.61. The Morgan fingerprint density at radius 2 is 2.30 bits per heavy atom. The van der Waals surface area contributed by atoms with Crippen LogP contribution in [0, 0.1) is 0 Å². The lowest BCUT2D eigenvalue weighted by molar-refractivity contribution is 0.142. The highest BCUT2D eigenvalue weighted by Gasteiger charge is 2.21. The first-order chi connectivity index (χ1) is 9.79. The molecular formula is C14H15N3O3. The Hall–Kier alpha value is -2.34. The van der Waals surface area contributed by atoms with Gasteiger partial charge in [0.05, 0.1) is 24.3 Å². The average molecular weight is 273 g/mol. The molecule has 0 amide bonds. The summed E-state index contributed by atoms with van der Waals surface area (Å²) in [5, 5.41) is 12.8. The SMILES string of the molecule is NC(=NO)c1cnc2ccccc2c1OC1CCOC1. The number of aromatic nitrogens is 1. The topological polar surface area (TPSA) is 90.0 Å². The van der Waals surface area contributed by atoms with Gasteiger partial charge in [0, 0.05) is 18.0 Å². The third kappa shape index (κ3) is 2.25. The zero-order valence-corrected chi connectivity index (χ0v) is 10.8. The minimum atomic E-state index is -0.0222. The summed E-state index contributed by atoms with van der Waals surface area (Å²) < 4.78 is 11.3. The van der Waals surface area contributed by atoms with Crippen LogP contribution in [0.15, 0.2) is 35.6 Å². The molecule has 20 heavy (non-hydrogen) atoms. The van der Waals surface area contributed by atoms with Crippen LogP contribution >= 0.6 is 0 Å². The highest BCUT2D eigenvalue weighted by molar-refractivity contribution is 6.04. The Morgan fingerprint density at radius 1 is 1.45 bits per heavy atom. The minimum Gasteiger partial charge on any atom is -0.486 e. The van der Waals surface area contributed by atoms with Gasteiger partial charge in [0.2, 0.25) is 0 Å². The summed E-state index contributed by atoms with van der Waals surface area (Å²) in [4.78, 5) is 4.30. The van der Waals surface area contributed by atoms with E-state index in [1.165, 1.54) is 0 Å². The number of fused-ring (bicyclic) bond motifs is 1. The van der Waals surface area contributed by atoms with Crippen molar-refractivity contribution in [1.82, 2.24) is 4.98 Å². The number of rotatable bonds is 3. The summed E-state index contributed by atoms with van der Waals surface area (Å²) in [5.74, 6) is 0.568. The van der Waals surface area contributed by atoms with E-state index < -0.39 is 0 Å². The van der Waals surface area contributed by atoms with Gasteiger partial charge in [-0.2, -0.15) is 0 Å². The number of nitrogens with zero attached hydrogens (tertiary/aromatic N) is 2. The third-order valence-corrected chi connectivity index (χ3v) is 3.28. The molecule has 6 heteroatoms. The molecule has 0 radical (unpaired) electrons. The first-order valence-electron chi connectivity index (χ1n) is 6.39. The average Bonchev–Trinajstić information content (AvgIpc) is 3.00. The molecule has 1 aromatic heterocycles. The predicted molar refractivity (Wildman–Crippen MR) is 74.1 cm³/mol. The Morgan fingerprint density at radius 3 is 3.05 bits per heavy atom. The van der Waals surface area contributed by atoms with Crippen LogP contribution in [0.5, 0.6) is 5.75 Å². The van der Waals surface area contributed by atoms with E-state index in [9.17, 15) is 0 Å². The summed E-state index contributed by atoms with van der Waals surface area (Å²) in [6.07, 6.45) is 2.36. The standard InChI is InChI=1S/C14H15N3O3/c15-14(17-18)11-7-16-12-4-2-1-3-10(12)13(11)20-9-5-6-19-8-9/h1-4,7,9,18H,5-6,8H2,(H2,15,17). The van der Waals surface area contributed by atoms with E-state index >= 15 is 0 Å². The van der Waals surface area contributed by atoms with E-state index in [4.69, 9.17) is 20.4 Å². The van der Waals surface area contributed by atoms with E-state index in [1.54, 1.807) is 6.20 Å². The molecule has 1 fully saturated rings. The monoisotopic (exact) mass is 273 g/mol. The van der Waals surface area contributed by atoms with Gasteiger partial charge in [-0.3, -0.25) is 4.98 Å². The van der Waals surface area contributed by atoms with Crippen molar-refractivity contribution < 1.29 is 14.7 Å². The van der Waals surface area contributed by atoms with Crippen LogP contribution in [0.2, 0.25) is 0 Å². The van der Waals surface area contributed by atoms with E-state index in [1.807, 2.05) is 24.3 Å². The van der Waals surface area contributed by atoms with Crippen molar-refractivity contribution in [2.24, 2.45) is 10.9 Å². The van der Waals surface area contributed by atoms with Crippen molar-refractivity contribution in [3.05, 3.63) is 36.0 Å². The number of amidine groups is 1. The fourth-order valence-electron chi connectivity index (χ4n) is 2.25. The molecule has 1 aliphatic rings. The van der Waals surface area contributed by atoms with Crippen LogP contribution in [0.1, 0.15) is 12.0 Å². The first-order valence-corrected chi connectivity index (χ1v) is 6.39. The van der Waals surface area contributed by atoms with Crippen molar-refractivity contribution in [2.75, 3.05) is 13.2 Å². The fourth-order valence-corrected chi connectivity index (χ4v) is 2.25. The van der Waals surface area contributed by atoms with Crippen LogP contribution in [-0.2, 0) is 4.74 Å². The minimum absolute atomic E-state index is 0.0165. The van der Waals surface area contributed by atoms with Gasteiger partial charge in [0.1, 0.15) is 11.9 Å². The van der Waals surface area contributed by atoms with Gasteiger partial charge in [-0.15, -0.1) is 0 Å². The first kappa shape index (κ1) is 12.7. The Labute approximate surface area is 115 Å². The maximum absolute atomic E-state index is 8.90. The predicted octanol–water partition coefficient (Wildman–Crippen LogP) is 1.50. The van der Waals surface area contributed by atoms with Gasteiger partial charge >= 0.3 is 0 Å². The summed E-state index contributed by atoms with van der Waals surface area (Å²) in [6, 6.07) is 7.60. The van der Waals surface area contributed by atoms with Crippen LogP contribution in [0.4, 0.5) is 0 Å². The van der Waals surface area contributed by atoms with E-state index in [-0.39, 0.29) is 11.9 Å². The summed E-state index contributed by atoms with van der Waals surface area (Å²) >= 11 is 0. The molecule has 3 N–H and O–H groups in total. The van der Waals surface area contributed by atoms with Gasteiger partial charge in [0.15, 0.2) is 5.84 Å². The number of oxime groups is 1. The second-order valence-corrected chi connectivity index (χ2v) is 4.61. The number of hydrogen-bond donors (Lipinski definition) is 2. The molecule has 1 unspecified atom stereocenters. The van der Waals surface area contributed by atoms with Crippen molar-refractivity contribution in [2.45, 2.75) is 12.5 Å². The number of ether oxygens (including phenoxy) is 2. The molecule has 104 valence electrons. The zero-order valence-electron chi connectivity index (χ0n) is 10.8. The second kappa shape index (κ2) is 5.34. The lowest BCUT2D eigenvalue weighted by Crippen LogP contribution is -2.21. The molecule has 1 atom stereocenters. The number of benzene rings is 1. The van der Waals surface area contributed by atoms with E-state index in [0.717, 1.165) is 17.3 Å². The number of para-hydroxylation sites is 1. The molecule has 1 aromatic carbocycles. The molecule has 0 saturated carbocycles. The number of pyridine rings is 1. The van der Waals surface area contributed by atoms with Gasteiger partial charge in [-0.1, -0.05) is 17.3 Å². The van der Waals surface area contributed by atoms with Crippen LogP contribution < -0.4 is 10.5 Å². The van der Waals surface area contributed by atoms with Gasteiger partial charge in [0.25, 0.3) is 0 Å². The van der Waals surface area contributed by atoms with Gasteiger partial charge < -0.3 is 20.4 Å². The number of hydrogen-bond acceptors (Lipinski definition) is 5. The van der Waals surface area contributed by atoms with Crippen LogP contribution in [0.25, 0.3) is 10.9 Å². The third-order valence-electron chi connectivity index (χ3n) is 3.28. The van der Waals surface area contributed by atoms with E-state index in [0.29, 0.717) is 24.5 Å². The molecule has 0 aliphatic carbocycles. The zero-order chi connectivity index (χ0) is 13.9. The Bertz CT molecular complexity index is 651. The lowest BCUT2D eigenvalue weighted by atomic mass is 10.1. The van der Waals surface area contributed by atoms with Crippen molar-refractivity contribution in [1.29, 1.82) is 0 Å². The maximum atomic E-state index is 8.90. The quantitative estimate of drug-likeness (QED) is 0.383. The van der Waals surface area contributed by atoms with Crippen molar-refractivity contribution in [3.8, 4) is 5.75 Å². The Balaban J connectivity index is 2.12. The normalized spacial score (nSPS) is 19.4. The van der Waals surface area contributed by atoms with Crippen LogP contribution in [-0.4, -0.2) is 35.3 Å². The van der Waals surface area contributed by atoms with Gasteiger partial charge in [-0.05, 0) is 12.1 Å². The molecule has 3 rings (SSSR count). The van der Waals surface area contributed by atoms with E-state index in [2.05, 4.69) is 10.1 Å².